The second-order valence-corrected chi connectivity index (χ2v) is 3.52. The first-order valence-corrected chi connectivity index (χ1v) is 4.97. The first-order valence-electron chi connectivity index (χ1n) is 4.97. The number of furan rings is 1. The third-order valence-corrected chi connectivity index (χ3v) is 2.59. The van der Waals surface area contributed by atoms with E-state index in [9.17, 15) is 0 Å². The van der Waals surface area contributed by atoms with Crippen molar-refractivity contribution in [2.24, 2.45) is 0 Å². The molecule has 0 aliphatic carbocycles. The monoisotopic (exact) mass is 190 g/mol. The molecule has 1 aromatic heterocycles. The Morgan fingerprint density at radius 1 is 1.14 bits per heavy atom. The number of allylic oxidation sites excluding steroid dienone is 3. The van der Waals surface area contributed by atoms with Gasteiger partial charge < -0.3 is 4.42 Å². The van der Waals surface area contributed by atoms with Crippen molar-refractivity contribution >= 4 is 11.6 Å². The summed E-state index contributed by atoms with van der Waals surface area (Å²) >= 11 is 0. The third kappa shape index (κ3) is 1.82. The Morgan fingerprint density at radius 3 is 2.29 bits per heavy atom. The number of hydrogen-bond donors (Lipinski definition) is 0. The van der Waals surface area contributed by atoms with Gasteiger partial charge in [0, 0.05) is 0 Å². The molecule has 0 unspecified atom stereocenters. The minimum atomic E-state index is 0.973. The fourth-order valence-electron chi connectivity index (χ4n) is 1.44. The summed E-state index contributed by atoms with van der Waals surface area (Å²) < 4.78 is 5.78. The largest absolute Gasteiger partial charge is 0.457 e. The van der Waals surface area contributed by atoms with Gasteiger partial charge in [-0.3, -0.25) is 0 Å². The Balaban J connectivity index is 3.28. The molecular weight excluding hydrogens is 172 g/mol. The van der Waals surface area contributed by atoms with Crippen molar-refractivity contribution in [3.63, 3.8) is 0 Å². The van der Waals surface area contributed by atoms with Gasteiger partial charge in [0.25, 0.3) is 0 Å². The van der Waals surface area contributed by atoms with Crippen molar-refractivity contribution in [1.29, 1.82) is 0 Å². The van der Waals surface area contributed by atoms with E-state index in [-0.39, 0.29) is 0 Å². The van der Waals surface area contributed by atoms with E-state index in [1.54, 1.807) is 0 Å². The normalized spacial score (nSPS) is 12.8. The molecule has 0 amide bonds. The lowest BCUT2D eigenvalue weighted by Crippen LogP contribution is -1.79. The van der Waals surface area contributed by atoms with Crippen molar-refractivity contribution in [2.45, 2.75) is 34.6 Å². The maximum absolute atomic E-state index is 5.78. The topological polar surface area (TPSA) is 13.1 Å². The summed E-state index contributed by atoms with van der Waals surface area (Å²) in [4.78, 5) is 0. The van der Waals surface area contributed by atoms with E-state index < -0.39 is 0 Å². The highest BCUT2D eigenvalue weighted by atomic mass is 16.3. The van der Waals surface area contributed by atoms with Crippen LogP contribution in [0.15, 0.2) is 16.6 Å². The van der Waals surface area contributed by atoms with E-state index in [0.717, 1.165) is 11.5 Å². The molecule has 1 rings (SSSR count). The standard InChI is InChI=1S/C13H18O/c1-6-8-12-10(4)11(5)13(14-12)9(3)7-2/h6-8H,1-5H3. The van der Waals surface area contributed by atoms with Gasteiger partial charge in [0.05, 0.1) is 0 Å². The van der Waals surface area contributed by atoms with Gasteiger partial charge in [0.2, 0.25) is 0 Å². The molecule has 1 heterocycles. The zero-order chi connectivity index (χ0) is 10.7. The predicted molar refractivity (Wildman–Crippen MR) is 62.2 cm³/mol. The maximum atomic E-state index is 5.78. The van der Waals surface area contributed by atoms with E-state index in [1.165, 1.54) is 16.7 Å². The summed E-state index contributed by atoms with van der Waals surface area (Å²) in [5.41, 5.74) is 3.68. The van der Waals surface area contributed by atoms with Crippen LogP contribution >= 0.6 is 0 Å². The molecular formula is C13H18O. The van der Waals surface area contributed by atoms with Gasteiger partial charge in [0.15, 0.2) is 0 Å². The molecule has 0 spiro atoms. The molecule has 0 aromatic carbocycles. The summed E-state index contributed by atoms with van der Waals surface area (Å²) in [6.07, 6.45) is 6.08. The first-order chi connectivity index (χ1) is 6.61. The van der Waals surface area contributed by atoms with Gasteiger partial charge in [-0.2, -0.15) is 0 Å². The molecule has 0 aliphatic heterocycles. The van der Waals surface area contributed by atoms with Crippen LogP contribution in [0, 0.1) is 13.8 Å². The Bertz CT molecular complexity index is 378. The van der Waals surface area contributed by atoms with Crippen LogP contribution < -0.4 is 0 Å². The predicted octanol–water partition coefficient (Wildman–Crippen LogP) is 4.35. The second-order valence-electron chi connectivity index (χ2n) is 3.52. The van der Waals surface area contributed by atoms with Gasteiger partial charge in [-0.05, 0) is 57.4 Å². The highest BCUT2D eigenvalue weighted by molar-refractivity contribution is 5.65. The average molecular weight is 190 g/mol. The van der Waals surface area contributed by atoms with Gasteiger partial charge in [-0.25, -0.2) is 0 Å². The summed E-state index contributed by atoms with van der Waals surface area (Å²) in [7, 11) is 0. The lowest BCUT2D eigenvalue weighted by atomic mass is 10.1. The van der Waals surface area contributed by atoms with Crippen LogP contribution in [0.1, 0.15) is 43.4 Å². The molecule has 1 aromatic rings. The van der Waals surface area contributed by atoms with Crippen molar-refractivity contribution in [3.05, 3.63) is 34.8 Å². The molecule has 0 bridgehead atoms. The van der Waals surface area contributed by atoms with Gasteiger partial charge >= 0.3 is 0 Å². The molecule has 76 valence electrons. The van der Waals surface area contributed by atoms with Gasteiger partial charge in [0.1, 0.15) is 11.5 Å². The SMILES string of the molecule is CC=Cc1oc(C(C)=CC)c(C)c1C. The highest BCUT2D eigenvalue weighted by Crippen LogP contribution is 2.27. The van der Waals surface area contributed by atoms with Crippen LogP contribution in [0.2, 0.25) is 0 Å². The van der Waals surface area contributed by atoms with E-state index in [2.05, 4.69) is 26.8 Å². The van der Waals surface area contributed by atoms with Crippen LogP contribution in [0.3, 0.4) is 0 Å². The van der Waals surface area contributed by atoms with E-state index >= 15 is 0 Å². The highest BCUT2D eigenvalue weighted by Gasteiger charge is 2.11. The number of hydrogen-bond acceptors (Lipinski definition) is 1. The van der Waals surface area contributed by atoms with E-state index in [1.807, 2.05) is 26.0 Å². The molecule has 0 saturated carbocycles. The van der Waals surface area contributed by atoms with Crippen molar-refractivity contribution in [1.82, 2.24) is 0 Å². The van der Waals surface area contributed by atoms with Crippen molar-refractivity contribution in [3.8, 4) is 0 Å². The summed E-state index contributed by atoms with van der Waals surface area (Å²) in [5.74, 6) is 1.99. The average Bonchev–Trinajstić information content (AvgIpc) is 2.46. The van der Waals surface area contributed by atoms with Gasteiger partial charge in [-0.1, -0.05) is 12.2 Å². The van der Waals surface area contributed by atoms with E-state index in [4.69, 9.17) is 4.42 Å². The Morgan fingerprint density at radius 2 is 1.79 bits per heavy atom. The molecule has 0 atom stereocenters. The Hall–Kier alpha value is -1.24. The second kappa shape index (κ2) is 4.32. The quantitative estimate of drug-likeness (QED) is 0.675. The zero-order valence-corrected chi connectivity index (χ0v) is 9.64. The van der Waals surface area contributed by atoms with Gasteiger partial charge in [-0.15, -0.1) is 0 Å². The molecule has 1 heteroatoms. The molecule has 0 fully saturated rings. The summed E-state index contributed by atoms with van der Waals surface area (Å²) in [5, 5.41) is 0. The lowest BCUT2D eigenvalue weighted by molar-refractivity contribution is 0.539. The fraction of sp³-hybridized carbons (Fsp3) is 0.385. The molecule has 0 aliphatic rings. The minimum absolute atomic E-state index is 0.973. The smallest absolute Gasteiger partial charge is 0.133 e. The summed E-state index contributed by atoms with van der Waals surface area (Å²) in [6.45, 7) is 10.3. The van der Waals surface area contributed by atoms with E-state index in [0.29, 0.717) is 0 Å². The molecule has 0 radical (unpaired) electrons. The Labute approximate surface area is 86.1 Å². The number of rotatable bonds is 2. The first kappa shape index (κ1) is 10.8. The fourth-order valence-corrected chi connectivity index (χ4v) is 1.44. The van der Waals surface area contributed by atoms with Crippen LogP contribution in [-0.4, -0.2) is 0 Å². The van der Waals surface area contributed by atoms with Crippen molar-refractivity contribution < 1.29 is 4.42 Å². The maximum Gasteiger partial charge on any atom is 0.133 e. The molecule has 0 saturated heterocycles. The summed E-state index contributed by atoms with van der Waals surface area (Å²) in [6, 6.07) is 0. The van der Waals surface area contributed by atoms with Crippen LogP contribution in [-0.2, 0) is 0 Å². The van der Waals surface area contributed by atoms with Crippen LogP contribution in [0.25, 0.3) is 11.6 Å². The molecule has 1 nitrogen and oxygen atoms in total. The van der Waals surface area contributed by atoms with Crippen LogP contribution in [0.5, 0.6) is 0 Å². The zero-order valence-electron chi connectivity index (χ0n) is 9.64. The van der Waals surface area contributed by atoms with Crippen LogP contribution in [0.4, 0.5) is 0 Å². The third-order valence-electron chi connectivity index (χ3n) is 2.59. The minimum Gasteiger partial charge on any atom is -0.457 e. The van der Waals surface area contributed by atoms with Crippen molar-refractivity contribution in [2.75, 3.05) is 0 Å². The lowest BCUT2D eigenvalue weighted by Gasteiger charge is -1.96. The molecule has 0 N–H and O–H groups in total. The Kier molecular flexibility index (Phi) is 3.34. The molecule has 14 heavy (non-hydrogen) atoms.